The number of nitrogens with one attached hydrogen (secondary N) is 1. The topological polar surface area (TPSA) is 71.0 Å². The second-order valence-corrected chi connectivity index (χ2v) is 5.73. The SMILES string of the molecule is CC(=O)N1CCC[C@@H]1c1ccnc(Nc2cc(C(F)(F)F)ccn2)n1. The fourth-order valence-corrected chi connectivity index (χ4v) is 2.86. The Hall–Kier alpha value is -2.71. The molecule has 0 saturated carbocycles. The van der Waals surface area contributed by atoms with Gasteiger partial charge in [-0.05, 0) is 31.0 Å². The van der Waals surface area contributed by atoms with Gasteiger partial charge in [0.2, 0.25) is 11.9 Å². The first-order chi connectivity index (χ1) is 11.8. The number of hydrogen-bond acceptors (Lipinski definition) is 5. The van der Waals surface area contributed by atoms with Gasteiger partial charge >= 0.3 is 6.18 Å². The first kappa shape index (κ1) is 17.1. The molecule has 1 aliphatic rings. The summed E-state index contributed by atoms with van der Waals surface area (Å²) >= 11 is 0. The molecule has 2 aromatic rings. The molecule has 1 N–H and O–H groups in total. The van der Waals surface area contributed by atoms with E-state index in [0.717, 1.165) is 31.2 Å². The molecule has 6 nitrogen and oxygen atoms in total. The molecule has 0 bridgehead atoms. The molecule has 1 saturated heterocycles. The van der Waals surface area contributed by atoms with Crippen LogP contribution in [0.4, 0.5) is 24.9 Å². The quantitative estimate of drug-likeness (QED) is 0.919. The Morgan fingerprint density at radius 2 is 2.04 bits per heavy atom. The van der Waals surface area contributed by atoms with Crippen LogP contribution in [0.5, 0.6) is 0 Å². The van der Waals surface area contributed by atoms with Gasteiger partial charge in [0.15, 0.2) is 0 Å². The van der Waals surface area contributed by atoms with Crippen molar-refractivity contribution in [1.29, 1.82) is 0 Å². The van der Waals surface area contributed by atoms with E-state index in [1.54, 1.807) is 11.0 Å². The van der Waals surface area contributed by atoms with E-state index in [4.69, 9.17) is 0 Å². The normalized spacial score (nSPS) is 17.6. The summed E-state index contributed by atoms with van der Waals surface area (Å²) in [6.45, 7) is 2.17. The number of alkyl halides is 3. The predicted molar refractivity (Wildman–Crippen MR) is 83.9 cm³/mol. The number of halogens is 3. The maximum atomic E-state index is 12.8. The molecule has 0 unspecified atom stereocenters. The average Bonchev–Trinajstić information content (AvgIpc) is 3.04. The minimum atomic E-state index is -4.45. The zero-order valence-corrected chi connectivity index (χ0v) is 13.4. The molecule has 0 aliphatic carbocycles. The van der Waals surface area contributed by atoms with Crippen molar-refractivity contribution < 1.29 is 18.0 Å². The van der Waals surface area contributed by atoms with Crippen LogP contribution in [0, 0.1) is 0 Å². The molecular formula is C16H16F3N5O. The number of nitrogens with zero attached hydrogens (tertiary/aromatic N) is 4. The lowest BCUT2D eigenvalue weighted by atomic mass is 10.1. The van der Waals surface area contributed by atoms with Gasteiger partial charge < -0.3 is 10.2 Å². The third kappa shape index (κ3) is 3.86. The lowest BCUT2D eigenvalue weighted by Crippen LogP contribution is -2.28. The zero-order chi connectivity index (χ0) is 18.0. The Kier molecular flexibility index (Phi) is 4.56. The minimum absolute atomic E-state index is 0.00169. The second-order valence-electron chi connectivity index (χ2n) is 5.73. The molecule has 3 heterocycles. The standard InChI is InChI=1S/C16H16F3N5O/c1-10(25)24-8-2-3-13(24)12-5-7-21-15(22-12)23-14-9-11(4-6-20-14)16(17,18)19/h4-7,9,13H,2-3,8H2,1H3,(H,20,21,22,23)/t13-/m1/s1. The molecule has 1 aliphatic heterocycles. The smallest absolute Gasteiger partial charge is 0.334 e. The van der Waals surface area contributed by atoms with Gasteiger partial charge in [0, 0.05) is 25.9 Å². The van der Waals surface area contributed by atoms with Gasteiger partial charge in [-0.2, -0.15) is 13.2 Å². The number of carbonyl (C=O) groups is 1. The molecule has 0 radical (unpaired) electrons. The third-order valence-corrected chi connectivity index (χ3v) is 4.00. The van der Waals surface area contributed by atoms with E-state index in [-0.39, 0.29) is 23.7 Å². The third-order valence-electron chi connectivity index (χ3n) is 4.00. The first-order valence-electron chi connectivity index (χ1n) is 7.75. The van der Waals surface area contributed by atoms with E-state index < -0.39 is 11.7 Å². The van der Waals surface area contributed by atoms with Gasteiger partial charge in [0.1, 0.15) is 5.82 Å². The van der Waals surface area contributed by atoms with Crippen LogP contribution in [0.15, 0.2) is 30.6 Å². The van der Waals surface area contributed by atoms with Gasteiger partial charge in [-0.15, -0.1) is 0 Å². The largest absolute Gasteiger partial charge is 0.416 e. The number of hydrogen-bond donors (Lipinski definition) is 1. The van der Waals surface area contributed by atoms with E-state index in [2.05, 4.69) is 20.3 Å². The fraction of sp³-hybridized carbons (Fsp3) is 0.375. The van der Waals surface area contributed by atoms with Gasteiger partial charge in [-0.3, -0.25) is 4.79 Å². The van der Waals surface area contributed by atoms with Gasteiger partial charge in [0.05, 0.1) is 17.3 Å². The summed E-state index contributed by atoms with van der Waals surface area (Å²) in [6, 6.07) is 3.35. The highest BCUT2D eigenvalue weighted by atomic mass is 19.4. The summed E-state index contributed by atoms with van der Waals surface area (Å²) in [7, 11) is 0. The summed E-state index contributed by atoms with van der Waals surface area (Å²) in [4.78, 5) is 25.6. The molecule has 1 atom stereocenters. The van der Waals surface area contributed by atoms with Crippen LogP contribution >= 0.6 is 0 Å². The minimum Gasteiger partial charge on any atom is -0.334 e. The molecular weight excluding hydrogens is 335 g/mol. The molecule has 3 rings (SSSR count). The van der Waals surface area contributed by atoms with Crippen LogP contribution in [0.1, 0.15) is 37.1 Å². The first-order valence-corrected chi connectivity index (χ1v) is 7.75. The van der Waals surface area contributed by atoms with E-state index >= 15 is 0 Å². The van der Waals surface area contributed by atoms with Crippen molar-refractivity contribution in [3.05, 3.63) is 41.9 Å². The number of anilines is 2. The molecule has 1 fully saturated rings. The molecule has 132 valence electrons. The molecule has 25 heavy (non-hydrogen) atoms. The molecule has 0 aromatic carbocycles. The van der Waals surface area contributed by atoms with E-state index in [1.165, 1.54) is 13.1 Å². The summed E-state index contributed by atoms with van der Waals surface area (Å²) < 4.78 is 38.3. The Labute approximate surface area is 142 Å². The highest BCUT2D eigenvalue weighted by Gasteiger charge is 2.31. The lowest BCUT2D eigenvalue weighted by Gasteiger charge is -2.22. The Bertz CT molecular complexity index is 780. The molecule has 9 heteroatoms. The Morgan fingerprint density at radius 1 is 1.28 bits per heavy atom. The monoisotopic (exact) mass is 351 g/mol. The van der Waals surface area contributed by atoms with Gasteiger partial charge in [-0.25, -0.2) is 15.0 Å². The molecule has 1 amide bonds. The number of pyridine rings is 1. The van der Waals surface area contributed by atoms with Crippen molar-refractivity contribution in [3.8, 4) is 0 Å². The van der Waals surface area contributed by atoms with Crippen molar-refractivity contribution in [2.75, 3.05) is 11.9 Å². The second kappa shape index (κ2) is 6.66. The van der Waals surface area contributed by atoms with E-state index in [9.17, 15) is 18.0 Å². The summed E-state index contributed by atoms with van der Waals surface area (Å²) in [6.07, 6.45) is -0.198. The zero-order valence-electron chi connectivity index (χ0n) is 13.4. The fourth-order valence-electron chi connectivity index (χ4n) is 2.86. The van der Waals surface area contributed by atoms with Gasteiger partial charge in [-0.1, -0.05) is 0 Å². The number of aromatic nitrogens is 3. The summed E-state index contributed by atoms with van der Waals surface area (Å²) in [5.41, 5.74) is -0.156. The molecule has 0 spiro atoms. The van der Waals surface area contributed by atoms with Crippen molar-refractivity contribution >= 4 is 17.7 Å². The van der Waals surface area contributed by atoms with Crippen LogP contribution in [0.25, 0.3) is 0 Å². The highest BCUT2D eigenvalue weighted by molar-refractivity contribution is 5.74. The lowest BCUT2D eigenvalue weighted by molar-refractivity contribution is -0.137. The number of amides is 1. The molecule has 2 aromatic heterocycles. The van der Waals surface area contributed by atoms with Crippen molar-refractivity contribution in [3.63, 3.8) is 0 Å². The Morgan fingerprint density at radius 3 is 2.76 bits per heavy atom. The van der Waals surface area contributed by atoms with Crippen LogP contribution in [-0.2, 0) is 11.0 Å². The van der Waals surface area contributed by atoms with Crippen LogP contribution in [-0.4, -0.2) is 32.3 Å². The highest BCUT2D eigenvalue weighted by Crippen LogP contribution is 2.32. The number of rotatable bonds is 3. The maximum absolute atomic E-state index is 12.8. The van der Waals surface area contributed by atoms with Crippen molar-refractivity contribution in [2.24, 2.45) is 0 Å². The maximum Gasteiger partial charge on any atom is 0.416 e. The van der Waals surface area contributed by atoms with Crippen LogP contribution < -0.4 is 5.32 Å². The number of likely N-dealkylation sites (tertiary alicyclic amines) is 1. The van der Waals surface area contributed by atoms with Gasteiger partial charge in [0.25, 0.3) is 0 Å². The summed E-state index contributed by atoms with van der Waals surface area (Å²) in [5.74, 6) is 0.108. The van der Waals surface area contributed by atoms with Crippen molar-refractivity contribution in [1.82, 2.24) is 19.9 Å². The summed E-state index contributed by atoms with van der Waals surface area (Å²) in [5, 5.41) is 2.69. The van der Waals surface area contributed by atoms with Crippen LogP contribution in [0.2, 0.25) is 0 Å². The average molecular weight is 351 g/mol. The van der Waals surface area contributed by atoms with E-state index in [0.29, 0.717) is 12.2 Å². The van der Waals surface area contributed by atoms with Crippen molar-refractivity contribution in [2.45, 2.75) is 32.0 Å². The Balaban J connectivity index is 1.82. The number of carbonyl (C=O) groups excluding carboxylic acids is 1. The predicted octanol–water partition coefficient (Wildman–Crippen LogP) is 3.32. The van der Waals surface area contributed by atoms with E-state index in [1.807, 2.05) is 0 Å². The van der Waals surface area contributed by atoms with Crippen LogP contribution in [0.3, 0.4) is 0 Å².